The summed E-state index contributed by atoms with van der Waals surface area (Å²) in [4.78, 5) is 0. The van der Waals surface area contributed by atoms with Crippen molar-refractivity contribution in [3.8, 4) is 0 Å². The van der Waals surface area contributed by atoms with E-state index in [0.29, 0.717) is 12.5 Å². The molecule has 0 radical (unpaired) electrons. The van der Waals surface area contributed by atoms with Gasteiger partial charge in [-0.05, 0) is 31.1 Å². The van der Waals surface area contributed by atoms with Crippen LogP contribution in [0, 0.1) is 5.92 Å². The van der Waals surface area contributed by atoms with Crippen LogP contribution in [0.25, 0.3) is 0 Å². The van der Waals surface area contributed by atoms with Gasteiger partial charge in [0.1, 0.15) is 0 Å². The van der Waals surface area contributed by atoms with Crippen molar-refractivity contribution in [1.29, 1.82) is 0 Å². The van der Waals surface area contributed by atoms with Crippen LogP contribution in [-0.4, -0.2) is 24.1 Å². The van der Waals surface area contributed by atoms with Gasteiger partial charge in [0.2, 0.25) is 0 Å². The summed E-state index contributed by atoms with van der Waals surface area (Å²) in [6.07, 6.45) is 2.08. The summed E-state index contributed by atoms with van der Waals surface area (Å²) >= 11 is 8.29. The van der Waals surface area contributed by atoms with Crippen molar-refractivity contribution < 1.29 is 0 Å². The van der Waals surface area contributed by atoms with Crippen molar-refractivity contribution in [2.45, 2.75) is 18.9 Å². The molecule has 0 aromatic heterocycles. The van der Waals surface area contributed by atoms with Crippen molar-refractivity contribution >= 4 is 25.3 Å². The maximum atomic E-state index is 5.69. The van der Waals surface area contributed by atoms with E-state index < -0.39 is 0 Å². The number of rotatable bonds is 6. The summed E-state index contributed by atoms with van der Waals surface area (Å²) in [5, 5.41) is 0. The fraction of sp³-hybridized carbons (Fsp3) is 1.00. The van der Waals surface area contributed by atoms with Gasteiger partial charge in [0.25, 0.3) is 0 Å². The summed E-state index contributed by atoms with van der Waals surface area (Å²) in [6.45, 7) is 0.711. The van der Waals surface area contributed by atoms with Gasteiger partial charge >= 0.3 is 0 Å². The van der Waals surface area contributed by atoms with E-state index in [1.165, 1.54) is 0 Å². The van der Waals surface area contributed by atoms with Crippen LogP contribution in [0.4, 0.5) is 0 Å². The van der Waals surface area contributed by atoms with Gasteiger partial charge in [-0.25, -0.2) is 0 Å². The Morgan fingerprint density at radius 2 is 1.73 bits per heavy atom. The molecule has 4 N–H and O–H groups in total. The normalized spacial score (nSPS) is 16.4. The summed E-state index contributed by atoms with van der Waals surface area (Å²) in [5.41, 5.74) is 11.2. The van der Waals surface area contributed by atoms with E-state index in [4.69, 9.17) is 11.5 Å². The van der Waals surface area contributed by atoms with Gasteiger partial charge in [-0.2, -0.15) is 25.3 Å². The van der Waals surface area contributed by atoms with Crippen molar-refractivity contribution in [3.63, 3.8) is 0 Å². The zero-order valence-corrected chi connectivity index (χ0v) is 8.53. The molecule has 0 saturated carbocycles. The Kier molecular flexibility index (Phi) is 7.69. The predicted molar refractivity (Wildman–Crippen MR) is 57.5 cm³/mol. The van der Waals surface area contributed by atoms with Gasteiger partial charge in [-0.15, -0.1) is 0 Å². The summed E-state index contributed by atoms with van der Waals surface area (Å²) in [7, 11) is 0. The molecule has 0 rings (SSSR count). The third-order valence-electron chi connectivity index (χ3n) is 1.77. The molecule has 68 valence electrons. The molecule has 0 aromatic rings. The number of nitrogens with two attached hydrogens (primary N) is 2. The lowest BCUT2D eigenvalue weighted by molar-refractivity contribution is 0.499. The molecule has 2 atom stereocenters. The fourth-order valence-corrected chi connectivity index (χ4v) is 1.34. The van der Waals surface area contributed by atoms with Crippen LogP contribution in [0.2, 0.25) is 0 Å². The second-order valence-electron chi connectivity index (χ2n) is 2.80. The monoisotopic (exact) mass is 194 g/mol. The lowest BCUT2D eigenvalue weighted by atomic mass is 10.0. The van der Waals surface area contributed by atoms with Crippen LogP contribution in [-0.2, 0) is 0 Å². The van der Waals surface area contributed by atoms with Crippen molar-refractivity contribution in [2.24, 2.45) is 17.4 Å². The Bertz CT molecular complexity index is 86.5. The van der Waals surface area contributed by atoms with Crippen molar-refractivity contribution in [3.05, 3.63) is 0 Å². The molecule has 0 unspecified atom stereocenters. The van der Waals surface area contributed by atoms with Gasteiger partial charge in [-0.1, -0.05) is 0 Å². The standard InChI is InChI=1S/C7H18N2S2/c8-3-6(4-10)1-2-7(9)5-11/h6-7,10-11H,1-5,8-9H2/t6-,7-/m1/s1. The Morgan fingerprint density at radius 3 is 2.09 bits per heavy atom. The first-order valence-electron chi connectivity index (χ1n) is 3.92. The minimum atomic E-state index is 0.215. The molecule has 0 saturated heterocycles. The van der Waals surface area contributed by atoms with Crippen molar-refractivity contribution in [2.75, 3.05) is 18.1 Å². The van der Waals surface area contributed by atoms with Gasteiger partial charge < -0.3 is 11.5 Å². The highest BCUT2D eigenvalue weighted by atomic mass is 32.1. The van der Waals surface area contributed by atoms with Gasteiger partial charge in [0.05, 0.1) is 0 Å². The van der Waals surface area contributed by atoms with Crippen molar-refractivity contribution in [1.82, 2.24) is 0 Å². The molecular weight excluding hydrogens is 176 g/mol. The van der Waals surface area contributed by atoms with E-state index in [0.717, 1.165) is 24.3 Å². The minimum absolute atomic E-state index is 0.215. The Morgan fingerprint density at radius 1 is 1.09 bits per heavy atom. The van der Waals surface area contributed by atoms with Gasteiger partial charge in [0, 0.05) is 11.8 Å². The molecular formula is C7H18N2S2. The van der Waals surface area contributed by atoms with Crippen LogP contribution >= 0.6 is 25.3 Å². The number of hydrogen-bond acceptors (Lipinski definition) is 4. The van der Waals surface area contributed by atoms with E-state index >= 15 is 0 Å². The van der Waals surface area contributed by atoms with Crippen LogP contribution in [0.3, 0.4) is 0 Å². The molecule has 0 aliphatic heterocycles. The maximum Gasteiger partial charge on any atom is 0.0128 e. The first-order chi connectivity index (χ1) is 5.24. The predicted octanol–water partition coefficient (Wildman–Crippen LogP) is 0.528. The lowest BCUT2D eigenvalue weighted by Gasteiger charge is -2.13. The third kappa shape index (κ3) is 5.84. The van der Waals surface area contributed by atoms with E-state index in [9.17, 15) is 0 Å². The van der Waals surface area contributed by atoms with Crippen LogP contribution in [0.5, 0.6) is 0 Å². The molecule has 0 aromatic carbocycles. The van der Waals surface area contributed by atoms with E-state index in [1.807, 2.05) is 0 Å². The SMILES string of the molecule is NC[C@H](CS)CC[C@@H](N)CS. The Hall–Kier alpha value is 0.620. The van der Waals surface area contributed by atoms with Crippen LogP contribution in [0.1, 0.15) is 12.8 Å². The second-order valence-corrected chi connectivity index (χ2v) is 3.53. The highest BCUT2D eigenvalue weighted by Gasteiger charge is 2.06. The first kappa shape index (κ1) is 11.6. The molecule has 0 bridgehead atoms. The van der Waals surface area contributed by atoms with Crippen LogP contribution in [0.15, 0.2) is 0 Å². The summed E-state index contributed by atoms with van der Waals surface area (Å²) < 4.78 is 0. The number of hydrogen-bond donors (Lipinski definition) is 4. The molecule has 0 fully saturated rings. The molecule has 0 aliphatic carbocycles. The molecule has 0 heterocycles. The zero-order valence-electron chi connectivity index (χ0n) is 6.74. The highest BCUT2D eigenvalue weighted by Crippen LogP contribution is 2.08. The first-order valence-corrected chi connectivity index (χ1v) is 5.18. The topological polar surface area (TPSA) is 52.0 Å². The Balaban J connectivity index is 3.34. The van der Waals surface area contributed by atoms with E-state index in [-0.39, 0.29) is 6.04 Å². The number of thiol groups is 2. The van der Waals surface area contributed by atoms with Gasteiger partial charge in [0.15, 0.2) is 0 Å². The highest BCUT2D eigenvalue weighted by molar-refractivity contribution is 7.80. The molecule has 0 aliphatic rings. The van der Waals surface area contributed by atoms with Crippen LogP contribution < -0.4 is 11.5 Å². The van der Waals surface area contributed by atoms with Gasteiger partial charge in [-0.3, -0.25) is 0 Å². The zero-order chi connectivity index (χ0) is 8.69. The third-order valence-corrected chi connectivity index (χ3v) is 2.76. The minimum Gasteiger partial charge on any atom is -0.330 e. The molecule has 2 nitrogen and oxygen atoms in total. The summed E-state index contributed by atoms with van der Waals surface area (Å²) in [6, 6.07) is 0.215. The lowest BCUT2D eigenvalue weighted by Crippen LogP contribution is -2.25. The van der Waals surface area contributed by atoms with E-state index in [2.05, 4.69) is 25.3 Å². The molecule has 0 spiro atoms. The Labute approximate surface area is 79.9 Å². The smallest absolute Gasteiger partial charge is 0.0128 e. The summed E-state index contributed by atoms with van der Waals surface area (Å²) in [5.74, 6) is 2.13. The maximum absolute atomic E-state index is 5.69. The molecule has 11 heavy (non-hydrogen) atoms. The van der Waals surface area contributed by atoms with E-state index in [1.54, 1.807) is 0 Å². The molecule has 0 amide bonds. The largest absolute Gasteiger partial charge is 0.330 e. The fourth-order valence-electron chi connectivity index (χ4n) is 0.825. The average Bonchev–Trinajstić information content (AvgIpc) is 2.06. The molecule has 4 heteroatoms. The quantitative estimate of drug-likeness (QED) is 0.466. The second kappa shape index (κ2) is 7.28. The average molecular weight is 194 g/mol.